The van der Waals surface area contributed by atoms with Crippen LogP contribution in [0.3, 0.4) is 0 Å². The van der Waals surface area contributed by atoms with Crippen molar-refractivity contribution in [3.05, 3.63) is 51.8 Å². The van der Waals surface area contributed by atoms with Crippen LogP contribution in [0, 0.1) is 6.92 Å². The number of fused-ring (bicyclic) bond motifs is 1. The molecule has 0 saturated carbocycles. The van der Waals surface area contributed by atoms with E-state index in [1.807, 2.05) is 19.2 Å². The molecule has 0 bridgehead atoms. The molecule has 0 aliphatic carbocycles. The SMILES string of the molecule is CCCc1ncc2c(n1)CCN(Cc1ccc(Cl)nc1C)C2. The number of rotatable bonds is 4. The predicted octanol–water partition coefficient (Wildman–Crippen LogP) is 3.34. The van der Waals surface area contributed by atoms with Gasteiger partial charge in [-0.15, -0.1) is 0 Å². The minimum Gasteiger partial charge on any atom is -0.294 e. The molecule has 116 valence electrons. The maximum absolute atomic E-state index is 5.93. The summed E-state index contributed by atoms with van der Waals surface area (Å²) in [4.78, 5) is 15.9. The molecule has 0 N–H and O–H groups in total. The summed E-state index contributed by atoms with van der Waals surface area (Å²) >= 11 is 5.93. The van der Waals surface area contributed by atoms with E-state index >= 15 is 0 Å². The summed E-state index contributed by atoms with van der Waals surface area (Å²) in [5.74, 6) is 0.979. The van der Waals surface area contributed by atoms with Gasteiger partial charge in [0.05, 0.1) is 0 Å². The molecule has 2 aromatic rings. The van der Waals surface area contributed by atoms with Crippen molar-refractivity contribution < 1.29 is 0 Å². The van der Waals surface area contributed by atoms with Crippen LogP contribution in [-0.4, -0.2) is 26.4 Å². The second-order valence-electron chi connectivity index (χ2n) is 5.85. The first-order chi connectivity index (χ1) is 10.7. The van der Waals surface area contributed by atoms with Crippen LogP contribution in [0.5, 0.6) is 0 Å². The summed E-state index contributed by atoms with van der Waals surface area (Å²) in [6.07, 6.45) is 5.06. The second kappa shape index (κ2) is 6.71. The summed E-state index contributed by atoms with van der Waals surface area (Å²) in [6.45, 7) is 7.00. The molecule has 0 unspecified atom stereocenters. The lowest BCUT2D eigenvalue weighted by molar-refractivity contribution is 0.242. The molecular formula is C17H21ClN4. The van der Waals surface area contributed by atoms with Gasteiger partial charge in [0.25, 0.3) is 0 Å². The zero-order valence-corrected chi connectivity index (χ0v) is 13.9. The van der Waals surface area contributed by atoms with Gasteiger partial charge in [0.1, 0.15) is 11.0 Å². The van der Waals surface area contributed by atoms with E-state index in [2.05, 4.69) is 27.9 Å². The maximum atomic E-state index is 5.93. The molecule has 2 aromatic heterocycles. The van der Waals surface area contributed by atoms with Gasteiger partial charge in [-0.25, -0.2) is 15.0 Å². The number of halogens is 1. The van der Waals surface area contributed by atoms with Crippen LogP contribution >= 0.6 is 11.6 Å². The standard InChI is InChI=1S/C17H21ClN4/c1-3-4-17-19-9-14-11-22(8-7-15(14)21-17)10-13-5-6-16(18)20-12(13)2/h5-6,9H,3-4,7-8,10-11H2,1-2H3. The van der Waals surface area contributed by atoms with Crippen LogP contribution in [0.4, 0.5) is 0 Å². The highest BCUT2D eigenvalue weighted by molar-refractivity contribution is 6.29. The molecule has 1 aliphatic rings. The average molecular weight is 317 g/mol. The van der Waals surface area contributed by atoms with E-state index in [1.165, 1.54) is 16.8 Å². The minimum absolute atomic E-state index is 0.557. The number of nitrogens with zero attached hydrogens (tertiary/aromatic N) is 4. The zero-order valence-electron chi connectivity index (χ0n) is 13.1. The summed E-state index contributed by atoms with van der Waals surface area (Å²) in [6, 6.07) is 3.93. The molecule has 0 radical (unpaired) electrons. The van der Waals surface area contributed by atoms with Crippen molar-refractivity contribution in [3.8, 4) is 0 Å². The Morgan fingerprint density at radius 2 is 2.14 bits per heavy atom. The van der Waals surface area contributed by atoms with Crippen LogP contribution in [0.1, 0.15) is 41.7 Å². The Morgan fingerprint density at radius 1 is 1.27 bits per heavy atom. The summed E-state index contributed by atoms with van der Waals surface area (Å²) in [7, 11) is 0. The van der Waals surface area contributed by atoms with Gasteiger partial charge < -0.3 is 0 Å². The Kier molecular flexibility index (Phi) is 4.69. The van der Waals surface area contributed by atoms with Gasteiger partial charge in [-0.1, -0.05) is 24.6 Å². The molecular weight excluding hydrogens is 296 g/mol. The highest BCUT2D eigenvalue weighted by Gasteiger charge is 2.19. The van der Waals surface area contributed by atoms with Crippen molar-refractivity contribution in [2.45, 2.75) is 46.2 Å². The predicted molar refractivity (Wildman–Crippen MR) is 87.8 cm³/mol. The number of aryl methyl sites for hydroxylation is 2. The minimum atomic E-state index is 0.557. The van der Waals surface area contributed by atoms with E-state index in [1.54, 1.807) is 0 Å². The molecule has 4 nitrogen and oxygen atoms in total. The van der Waals surface area contributed by atoms with Gasteiger partial charge in [0.2, 0.25) is 0 Å². The van der Waals surface area contributed by atoms with Crippen LogP contribution in [0.25, 0.3) is 0 Å². The first-order valence-corrected chi connectivity index (χ1v) is 8.21. The van der Waals surface area contributed by atoms with E-state index in [9.17, 15) is 0 Å². The van der Waals surface area contributed by atoms with E-state index in [0.29, 0.717) is 5.15 Å². The molecule has 1 aliphatic heterocycles. The molecule has 0 atom stereocenters. The lowest BCUT2D eigenvalue weighted by atomic mass is 10.1. The van der Waals surface area contributed by atoms with Crippen molar-refractivity contribution in [3.63, 3.8) is 0 Å². The molecule has 0 saturated heterocycles. The third-order valence-corrected chi connectivity index (χ3v) is 4.30. The Morgan fingerprint density at radius 3 is 2.91 bits per heavy atom. The zero-order chi connectivity index (χ0) is 15.5. The van der Waals surface area contributed by atoms with Gasteiger partial charge in [-0.2, -0.15) is 0 Å². The van der Waals surface area contributed by atoms with Gasteiger partial charge in [0.15, 0.2) is 0 Å². The summed E-state index contributed by atoms with van der Waals surface area (Å²) < 4.78 is 0. The highest BCUT2D eigenvalue weighted by atomic mass is 35.5. The molecule has 0 spiro atoms. The van der Waals surface area contributed by atoms with Gasteiger partial charge in [0, 0.05) is 55.6 Å². The van der Waals surface area contributed by atoms with Gasteiger partial charge >= 0.3 is 0 Å². The number of hydrogen-bond donors (Lipinski definition) is 0. The van der Waals surface area contributed by atoms with E-state index < -0.39 is 0 Å². The van der Waals surface area contributed by atoms with Crippen LogP contribution in [0.15, 0.2) is 18.3 Å². The quantitative estimate of drug-likeness (QED) is 0.811. The number of pyridine rings is 1. The van der Waals surface area contributed by atoms with Crippen molar-refractivity contribution >= 4 is 11.6 Å². The molecule has 0 amide bonds. The van der Waals surface area contributed by atoms with E-state index in [4.69, 9.17) is 16.6 Å². The van der Waals surface area contributed by atoms with Crippen molar-refractivity contribution in [2.75, 3.05) is 6.54 Å². The Balaban J connectivity index is 1.71. The molecule has 3 rings (SSSR count). The lowest BCUT2D eigenvalue weighted by Crippen LogP contribution is -2.31. The molecule has 22 heavy (non-hydrogen) atoms. The largest absolute Gasteiger partial charge is 0.294 e. The van der Waals surface area contributed by atoms with Gasteiger partial charge in [-0.05, 0) is 25.0 Å². The second-order valence-corrected chi connectivity index (χ2v) is 6.23. The van der Waals surface area contributed by atoms with Gasteiger partial charge in [-0.3, -0.25) is 4.90 Å². The summed E-state index contributed by atoms with van der Waals surface area (Å²) in [5.41, 5.74) is 4.72. The van der Waals surface area contributed by atoms with Crippen LogP contribution in [0.2, 0.25) is 5.15 Å². The first-order valence-electron chi connectivity index (χ1n) is 7.83. The lowest BCUT2D eigenvalue weighted by Gasteiger charge is -2.28. The van der Waals surface area contributed by atoms with E-state index in [-0.39, 0.29) is 0 Å². The van der Waals surface area contributed by atoms with Crippen molar-refractivity contribution in [2.24, 2.45) is 0 Å². The fourth-order valence-electron chi connectivity index (χ4n) is 2.86. The van der Waals surface area contributed by atoms with Crippen LogP contribution < -0.4 is 0 Å². The monoisotopic (exact) mass is 316 g/mol. The summed E-state index contributed by atoms with van der Waals surface area (Å²) in [5, 5.41) is 0.557. The fourth-order valence-corrected chi connectivity index (χ4v) is 3.05. The molecule has 0 fully saturated rings. The third kappa shape index (κ3) is 3.45. The van der Waals surface area contributed by atoms with Crippen molar-refractivity contribution in [1.29, 1.82) is 0 Å². The fraction of sp³-hybridized carbons (Fsp3) is 0.471. The Labute approximate surface area is 136 Å². The average Bonchev–Trinajstić information content (AvgIpc) is 2.50. The topological polar surface area (TPSA) is 41.9 Å². The first kappa shape index (κ1) is 15.4. The van der Waals surface area contributed by atoms with E-state index in [0.717, 1.165) is 50.4 Å². The Hall–Kier alpha value is -1.52. The number of aromatic nitrogens is 3. The van der Waals surface area contributed by atoms with Crippen LogP contribution in [-0.2, 0) is 25.9 Å². The number of hydrogen-bond acceptors (Lipinski definition) is 4. The molecule has 5 heteroatoms. The van der Waals surface area contributed by atoms with Crippen molar-refractivity contribution in [1.82, 2.24) is 19.9 Å². The highest BCUT2D eigenvalue weighted by Crippen LogP contribution is 2.20. The third-order valence-electron chi connectivity index (χ3n) is 4.09. The smallest absolute Gasteiger partial charge is 0.129 e. The maximum Gasteiger partial charge on any atom is 0.129 e. The molecule has 3 heterocycles. The normalized spacial score (nSPS) is 14.9. The Bertz CT molecular complexity index is 672. The molecule has 0 aromatic carbocycles.